The average molecular weight is 1130 g/mol. The molecule has 1 aromatic heterocycles. The SMILES string of the molecule is CC/C=C\C/C=C\C/C=C\C/C=C\C[C@@H](O)[C@H](O)CCCC(=O)O[C@H](COC(=O)CCCCCCCC/C=C\C/C=C\C/C=C\CCCCCC)COP(=O)(O)OP(=O)(O)OC[C@H]1O[C@@H](n2ccc(N)nc2=O)[C@H](O)[C@@H]1O. The lowest BCUT2D eigenvalue weighted by Crippen LogP contribution is -2.36. The Morgan fingerprint density at radius 1 is 0.688 bits per heavy atom. The van der Waals surface area contributed by atoms with Crippen LogP contribution in [0.25, 0.3) is 0 Å². The van der Waals surface area contributed by atoms with Crippen LogP contribution in [-0.4, -0.2) is 108 Å². The number of unbranched alkanes of at least 4 members (excludes halogenated alkanes) is 10. The Bertz CT molecular complexity index is 2160. The van der Waals surface area contributed by atoms with E-state index in [4.69, 9.17) is 29.0 Å². The number of anilines is 1. The number of nitrogens with two attached hydrogens (primary N) is 1. The molecular weight excluding hydrogens is 1040 g/mol. The number of carbonyl (C=O) groups is 2. The molecule has 77 heavy (non-hydrogen) atoms. The maximum atomic E-state index is 12.9. The molecule has 22 heteroatoms. The van der Waals surface area contributed by atoms with Crippen molar-refractivity contribution < 1.29 is 76.5 Å². The molecule has 2 rings (SSSR count). The molecule has 8 N–H and O–H groups in total. The molecule has 0 amide bonds. The summed E-state index contributed by atoms with van der Waals surface area (Å²) < 4.78 is 56.6. The summed E-state index contributed by atoms with van der Waals surface area (Å²) in [6, 6.07) is 1.23. The van der Waals surface area contributed by atoms with Crippen LogP contribution < -0.4 is 11.4 Å². The highest BCUT2D eigenvalue weighted by atomic mass is 31.3. The van der Waals surface area contributed by atoms with E-state index in [2.05, 4.69) is 83.9 Å². The molecular formula is C55H89N3O17P2. The van der Waals surface area contributed by atoms with Gasteiger partial charge in [0.05, 0.1) is 25.4 Å². The fraction of sp³-hybridized carbons (Fsp3) is 0.636. The number of rotatable bonds is 44. The molecule has 0 saturated carbocycles. The fourth-order valence-electron chi connectivity index (χ4n) is 7.58. The number of aliphatic hydroxyl groups excluding tert-OH is 4. The molecule has 1 aromatic rings. The first-order chi connectivity index (χ1) is 37.0. The van der Waals surface area contributed by atoms with Crippen LogP contribution in [0.15, 0.2) is 102 Å². The number of esters is 2. The minimum Gasteiger partial charge on any atom is -0.462 e. The van der Waals surface area contributed by atoms with Crippen molar-refractivity contribution in [3.05, 3.63) is 108 Å². The van der Waals surface area contributed by atoms with Crippen molar-refractivity contribution >= 4 is 33.4 Å². The van der Waals surface area contributed by atoms with E-state index in [1.165, 1.54) is 31.7 Å². The Hall–Kier alpha value is -4.14. The molecule has 0 aliphatic carbocycles. The highest BCUT2D eigenvalue weighted by Crippen LogP contribution is 2.60. The zero-order valence-electron chi connectivity index (χ0n) is 45.2. The monoisotopic (exact) mass is 1130 g/mol. The summed E-state index contributed by atoms with van der Waals surface area (Å²) in [4.78, 5) is 62.1. The van der Waals surface area contributed by atoms with E-state index in [9.17, 15) is 53.7 Å². The van der Waals surface area contributed by atoms with Crippen LogP contribution in [0.3, 0.4) is 0 Å². The summed E-state index contributed by atoms with van der Waals surface area (Å²) in [5.74, 6) is -1.62. The van der Waals surface area contributed by atoms with Gasteiger partial charge < -0.3 is 50.2 Å². The summed E-state index contributed by atoms with van der Waals surface area (Å²) in [7, 11) is -11.0. The van der Waals surface area contributed by atoms with Gasteiger partial charge >= 0.3 is 33.3 Å². The second kappa shape index (κ2) is 41.8. The van der Waals surface area contributed by atoms with Gasteiger partial charge in [0.2, 0.25) is 0 Å². The van der Waals surface area contributed by atoms with E-state index in [0.717, 1.165) is 87.8 Å². The summed E-state index contributed by atoms with van der Waals surface area (Å²) >= 11 is 0. The molecule has 2 heterocycles. The Balaban J connectivity index is 1.85. The van der Waals surface area contributed by atoms with Gasteiger partial charge in [-0.15, -0.1) is 0 Å². The summed E-state index contributed by atoms with van der Waals surface area (Å²) in [6.45, 7) is 1.73. The zero-order valence-corrected chi connectivity index (χ0v) is 47.0. The lowest BCUT2D eigenvalue weighted by molar-refractivity contribution is -0.161. The molecule has 2 unspecified atom stereocenters. The summed E-state index contributed by atoms with van der Waals surface area (Å²) in [6.07, 6.45) is 38.1. The number of nitrogens with zero attached hydrogens (tertiary/aromatic N) is 2. The van der Waals surface area contributed by atoms with E-state index >= 15 is 0 Å². The van der Waals surface area contributed by atoms with E-state index in [-0.39, 0.29) is 37.9 Å². The van der Waals surface area contributed by atoms with Crippen molar-refractivity contribution in [2.75, 3.05) is 25.6 Å². The molecule has 436 valence electrons. The van der Waals surface area contributed by atoms with Gasteiger partial charge in [-0.2, -0.15) is 9.29 Å². The van der Waals surface area contributed by atoms with Crippen LogP contribution in [0, 0.1) is 0 Å². The lowest BCUT2D eigenvalue weighted by atomic mass is 10.0. The van der Waals surface area contributed by atoms with E-state index < -0.39 is 95.9 Å². The van der Waals surface area contributed by atoms with Crippen LogP contribution in [0.5, 0.6) is 0 Å². The van der Waals surface area contributed by atoms with Crippen LogP contribution in [0.1, 0.15) is 168 Å². The number of phosphoric acid groups is 2. The highest BCUT2D eigenvalue weighted by molar-refractivity contribution is 7.61. The Morgan fingerprint density at radius 2 is 1.22 bits per heavy atom. The minimum absolute atomic E-state index is 0.0255. The number of hydrogen-bond acceptors (Lipinski definition) is 17. The molecule has 0 spiro atoms. The van der Waals surface area contributed by atoms with E-state index in [0.29, 0.717) is 12.8 Å². The quantitative estimate of drug-likeness (QED) is 0.0138. The predicted octanol–water partition coefficient (Wildman–Crippen LogP) is 9.78. The van der Waals surface area contributed by atoms with Crippen molar-refractivity contribution in [3.8, 4) is 0 Å². The van der Waals surface area contributed by atoms with Crippen molar-refractivity contribution in [2.45, 2.75) is 204 Å². The number of aromatic nitrogens is 2. The first-order valence-corrected chi connectivity index (χ1v) is 30.3. The molecule has 9 atom stereocenters. The zero-order chi connectivity index (χ0) is 56.6. The number of allylic oxidation sites excluding steroid dienone is 13. The maximum absolute atomic E-state index is 12.9. The Morgan fingerprint density at radius 3 is 1.82 bits per heavy atom. The van der Waals surface area contributed by atoms with Gasteiger partial charge in [0.15, 0.2) is 12.3 Å². The molecule has 1 aliphatic rings. The Kier molecular flexibility index (Phi) is 37.5. The standard InChI is InChI=1S/C55H89N3O17P2/c1-3-5-7-9-11-13-15-17-18-19-20-21-22-23-24-26-28-30-32-34-38-50(61)70-42-45(73-51(62)39-35-37-47(60)46(59)36-33-31-29-27-25-16-14-12-10-8-6-4-2)43-71-76(66,67)75-77(68,69)72-44-48-52(63)53(64)54(74-48)58-41-40-49(56)57-55(58)65/h6,8,12-15,18-19,21-22,25,27,31,33,40-41,45-48,52-54,59-60,63-64H,3-5,7,9-11,16-17,20,23-24,26,28-30,32,34-39,42-44H2,1-2H3,(H,66,67)(H,68,69)(H2,56,57,65)/b8-6-,14-12-,15-13-,19-18-,22-21-,27-25-,33-31-/t45-,46-,47-,48-,52-,53-,54-/m1/s1. The average Bonchev–Trinajstić information content (AvgIpc) is 3.66. The fourth-order valence-corrected chi connectivity index (χ4v) is 9.69. The minimum atomic E-state index is -5.51. The summed E-state index contributed by atoms with van der Waals surface area (Å²) in [5, 5.41) is 41.9. The number of ether oxygens (including phenoxy) is 3. The van der Waals surface area contributed by atoms with Crippen molar-refractivity contribution in [2.24, 2.45) is 0 Å². The van der Waals surface area contributed by atoms with E-state index in [1.54, 1.807) is 6.08 Å². The molecule has 20 nitrogen and oxygen atoms in total. The van der Waals surface area contributed by atoms with Gasteiger partial charge in [0, 0.05) is 19.0 Å². The molecule has 1 aliphatic heterocycles. The molecule has 0 radical (unpaired) electrons. The first-order valence-electron chi connectivity index (χ1n) is 27.3. The third kappa shape index (κ3) is 33.8. The number of carbonyl (C=O) groups excluding carboxylic acids is 2. The van der Waals surface area contributed by atoms with Gasteiger partial charge in [-0.3, -0.25) is 23.2 Å². The Labute approximate surface area is 455 Å². The third-order valence-electron chi connectivity index (χ3n) is 11.9. The van der Waals surface area contributed by atoms with Crippen molar-refractivity contribution in [3.63, 3.8) is 0 Å². The number of nitrogen functional groups attached to an aromatic ring is 1. The molecule has 0 aromatic carbocycles. The van der Waals surface area contributed by atoms with Crippen molar-refractivity contribution in [1.82, 2.24) is 9.55 Å². The van der Waals surface area contributed by atoms with Crippen molar-refractivity contribution in [1.29, 1.82) is 0 Å². The smallest absolute Gasteiger partial charge is 0.462 e. The molecule has 1 fully saturated rings. The normalized spacial score (nSPS) is 20.1. The van der Waals surface area contributed by atoms with Gasteiger partial charge in [0.25, 0.3) is 0 Å². The maximum Gasteiger partial charge on any atom is 0.481 e. The lowest BCUT2D eigenvalue weighted by Gasteiger charge is -2.22. The van der Waals surface area contributed by atoms with E-state index in [1.807, 2.05) is 18.2 Å². The first kappa shape index (κ1) is 69.0. The number of aliphatic hydroxyl groups is 4. The predicted molar refractivity (Wildman–Crippen MR) is 296 cm³/mol. The third-order valence-corrected chi connectivity index (χ3v) is 14.5. The van der Waals surface area contributed by atoms with Gasteiger partial charge in [0.1, 0.15) is 30.7 Å². The van der Waals surface area contributed by atoms with Crippen LogP contribution in [-0.2, 0) is 46.3 Å². The van der Waals surface area contributed by atoms with Gasteiger partial charge in [-0.25, -0.2) is 13.9 Å². The van der Waals surface area contributed by atoms with Gasteiger partial charge in [-0.1, -0.05) is 144 Å². The van der Waals surface area contributed by atoms with Crippen LogP contribution >= 0.6 is 15.6 Å². The number of hydrogen-bond donors (Lipinski definition) is 7. The number of phosphoric ester groups is 2. The van der Waals surface area contributed by atoms with Crippen LogP contribution in [0.2, 0.25) is 0 Å². The largest absolute Gasteiger partial charge is 0.481 e. The molecule has 0 bridgehead atoms. The second-order valence-corrected chi connectivity index (χ2v) is 21.7. The topological polar surface area (TPSA) is 306 Å². The second-order valence-electron chi connectivity index (χ2n) is 18.7. The van der Waals surface area contributed by atoms with Crippen LogP contribution in [0.4, 0.5) is 5.82 Å². The summed E-state index contributed by atoms with van der Waals surface area (Å²) in [5.41, 5.74) is 4.56. The van der Waals surface area contributed by atoms with Gasteiger partial charge in [-0.05, 0) is 96.0 Å². The highest BCUT2D eigenvalue weighted by Gasteiger charge is 2.46. The molecule has 1 saturated heterocycles.